The summed E-state index contributed by atoms with van der Waals surface area (Å²) in [7, 11) is 0. The van der Waals surface area contributed by atoms with Gasteiger partial charge in [-0.15, -0.1) is 0 Å². The van der Waals surface area contributed by atoms with E-state index in [4.69, 9.17) is 0 Å². The molecule has 32 heavy (non-hydrogen) atoms. The summed E-state index contributed by atoms with van der Waals surface area (Å²) >= 11 is 0. The predicted octanol–water partition coefficient (Wildman–Crippen LogP) is 6.84. The number of fused-ring (bicyclic) bond motifs is 6. The fraction of sp³-hybridized carbons (Fsp3) is 0.897. The van der Waals surface area contributed by atoms with Gasteiger partial charge in [-0.1, -0.05) is 52.7 Å². The van der Waals surface area contributed by atoms with Crippen LogP contribution in [0.1, 0.15) is 106 Å². The molecule has 0 heterocycles. The largest absolute Gasteiger partial charge is 0.481 e. The molecule has 3 nitrogen and oxygen atoms in total. The first-order valence-electron chi connectivity index (χ1n) is 13.5. The van der Waals surface area contributed by atoms with Gasteiger partial charge in [-0.25, -0.2) is 0 Å². The van der Waals surface area contributed by atoms with Crippen LogP contribution in [0.5, 0.6) is 0 Å². The van der Waals surface area contributed by atoms with Crippen molar-refractivity contribution in [1.29, 1.82) is 0 Å². The Bertz CT molecular complexity index is 841. The first-order chi connectivity index (χ1) is 14.9. The quantitative estimate of drug-likeness (QED) is 0.437. The zero-order valence-corrected chi connectivity index (χ0v) is 21.3. The van der Waals surface area contributed by atoms with Gasteiger partial charge < -0.3 is 10.2 Å². The van der Waals surface area contributed by atoms with Crippen LogP contribution in [0.2, 0.25) is 0 Å². The first kappa shape index (κ1) is 22.9. The highest BCUT2D eigenvalue weighted by Gasteiger charge is 2.64. The maximum Gasteiger partial charge on any atom is 0.310 e. The average Bonchev–Trinajstić information content (AvgIpc) is 2.73. The average molecular weight is 443 g/mol. The summed E-state index contributed by atoms with van der Waals surface area (Å²) in [6.45, 7) is 14.4. The molecule has 0 saturated heterocycles. The summed E-state index contributed by atoms with van der Waals surface area (Å²) in [6.07, 6.45) is 10.4. The monoisotopic (exact) mass is 442 g/mol. The molecule has 0 spiro atoms. The topological polar surface area (TPSA) is 57.5 Å². The Morgan fingerprint density at radius 1 is 0.875 bits per heavy atom. The number of hydrogen-bond acceptors (Lipinski definition) is 2. The number of aliphatic hydroxyl groups is 1. The lowest BCUT2D eigenvalue weighted by Crippen LogP contribution is -2.60. The van der Waals surface area contributed by atoms with Crippen LogP contribution in [-0.4, -0.2) is 22.3 Å². The van der Waals surface area contributed by atoms with Gasteiger partial charge in [0.25, 0.3) is 0 Å². The van der Waals surface area contributed by atoms with Crippen molar-refractivity contribution in [3.8, 4) is 0 Å². The van der Waals surface area contributed by atoms with Crippen LogP contribution < -0.4 is 0 Å². The maximum atomic E-state index is 12.7. The fourth-order valence-corrected chi connectivity index (χ4v) is 10.5. The van der Waals surface area contributed by atoms with Crippen LogP contribution in [0.25, 0.3) is 0 Å². The van der Waals surface area contributed by atoms with Crippen molar-refractivity contribution in [1.82, 2.24) is 0 Å². The van der Waals surface area contributed by atoms with Crippen molar-refractivity contribution in [3.63, 3.8) is 0 Å². The van der Waals surface area contributed by atoms with Gasteiger partial charge in [0.15, 0.2) is 0 Å². The molecule has 0 bridgehead atoms. The molecule has 5 aliphatic carbocycles. The lowest BCUT2D eigenvalue weighted by Gasteiger charge is -2.67. The third-order valence-corrected chi connectivity index (χ3v) is 12.5. The Balaban J connectivity index is 1.58. The number of carboxylic acid groups (broad SMARTS) is 1. The molecule has 0 aromatic heterocycles. The highest BCUT2D eigenvalue weighted by atomic mass is 16.4. The van der Waals surface area contributed by atoms with Crippen molar-refractivity contribution in [2.45, 2.75) is 112 Å². The first-order valence-corrected chi connectivity index (χ1v) is 13.5. The van der Waals surface area contributed by atoms with E-state index in [9.17, 15) is 15.0 Å². The van der Waals surface area contributed by atoms with Crippen molar-refractivity contribution in [2.75, 3.05) is 0 Å². The van der Waals surface area contributed by atoms with E-state index in [0.29, 0.717) is 23.7 Å². The molecule has 3 heteroatoms. The van der Waals surface area contributed by atoms with E-state index in [2.05, 4.69) is 41.5 Å². The molecule has 0 aliphatic heterocycles. The van der Waals surface area contributed by atoms with Crippen LogP contribution in [0.15, 0.2) is 11.1 Å². The Morgan fingerprint density at radius 3 is 2.28 bits per heavy atom. The number of hydrogen-bond donors (Lipinski definition) is 2. The van der Waals surface area contributed by atoms with Gasteiger partial charge >= 0.3 is 5.97 Å². The van der Waals surface area contributed by atoms with E-state index >= 15 is 0 Å². The smallest absolute Gasteiger partial charge is 0.310 e. The van der Waals surface area contributed by atoms with Gasteiger partial charge in [-0.05, 0) is 110 Å². The highest BCUT2D eigenvalue weighted by molar-refractivity contribution is 5.76. The van der Waals surface area contributed by atoms with Crippen molar-refractivity contribution < 1.29 is 15.0 Å². The Morgan fingerprint density at radius 2 is 1.59 bits per heavy atom. The zero-order valence-electron chi connectivity index (χ0n) is 21.3. The van der Waals surface area contributed by atoms with E-state index in [1.807, 2.05) is 0 Å². The molecule has 0 aromatic carbocycles. The van der Waals surface area contributed by atoms with Crippen LogP contribution >= 0.6 is 0 Å². The summed E-state index contributed by atoms with van der Waals surface area (Å²) < 4.78 is 0. The van der Waals surface area contributed by atoms with Crippen LogP contribution in [-0.2, 0) is 4.79 Å². The molecular formula is C29H46O3. The lowest BCUT2D eigenvalue weighted by atomic mass is 9.38. The normalized spacial score (nSPS) is 52.3. The van der Waals surface area contributed by atoms with E-state index in [0.717, 1.165) is 44.9 Å². The minimum atomic E-state index is -0.529. The number of rotatable bonds is 1. The highest BCUT2D eigenvalue weighted by Crippen LogP contribution is 2.71. The second-order valence-electron chi connectivity index (χ2n) is 13.8. The molecule has 0 aromatic rings. The molecule has 5 rings (SSSR count). The molecule has 5 aliphatic rings. The fourth-order valence-electron chi connectivity index (χ4n) is 10.5. The molecule has 0 amide bonds. The summed E-state index contributed by atoms with van der Waals surface area (Å²) in [4.78, 5) is 12.7. The predicted molar refractivity (Wildman–Crippen MR) is 128 cm³/mol. The molecule has 0 radical (unpaired) electrons. The molecule has 3 saturated carbocycles. The Hall–Kier alpha value is -0.830. The number of carboxylic acids is 1. The Labute approximate surface area is 195 Å². The third kappa shape index (κ3) is 2.72. The molecular weight excluding hydrogens is 396 g/mol. The summed E-state index contributed by atoms with van der Waals surface area (Å²) in [6, 6.07) is 0. The third-order valence-electron chi connectivity index (χ3n) is 12.5. The lowest BCUT2D eigenvalue weighted by molar-refractivity contribution is -0.172. The van der Waals surface area contributed by atoms with Crippen molar-refractivity contribution in [3.05, 3.63) is 11.1 Å². The van der Waals surface area contributed by atoms with Gasteiger partial charge in [-0.3, -0.25) is 4.79 Å². The molecule has 9 unspecified atom stereocenters. The summed E-state index contributed by atoms with van der Waals surface area (Å²) in [5, 5.41) is 21.3. The summed E-state index contributed by atoms with van der Waals surface area (Å²) in [5.74, 6) is 2.01. The number of aliphatic carboxylic acids is 1. The summed E-state index contributed by atoms with van der Waals surface area (Å²) in [5.41, 5.74) is 3.21. The molecule has 9 atom stereocenters. The molecule has 180 valence electrons. The van der Waals surface area contributed by atoms with Gasteiger partial charge in [0.05, 0.1) is 11.5 Å². The van der Waals surface area contributed by atoms with E-state index in [1.165, 1.54) is 19.3 Å². The van der Waals surface area contributed by atoms with Crippen LogP contribution in [0.3, 0.4) is 0 Å². The standard InChI is InChI=1S/C29H46O3/c1-17-9-15-29(25(31)32)16-10-20-19(24(29)18(17)2)7-8-22-27(20,5)13-11-21-26(3,4)23(30)12-14-28(21,22)6/h17-18,21-24,30H,7-16H2,1-6H3,(H,31,32). The Kier molecular flexibility index (Phi) is 5.08. The minimum absolute atomic E-state index is 0.0126. The SMILES string of the molecule is CC1CCC2(C(=O)O)CCC3=C(CCC4C3(C)CCC3C(C)(C)C(O)CCC43C)C2C1C. The molecule has 2 N–H and O–H groups in total. The number of carbonyl (C=O) groups is 1. The number of allylic oxidation sites excluding steroid dienone is 2. The van der Waals surface area contributed by atoms with Gasteiger partial charge in [-0.2, -0.15) is 0 Å². The van der Waals surface area contributed by atoms with Crippen molar-refractivity contribution >= 4 is 5.97 Å². The van der Waals surface area contributed by atoms with E-state index in [1.54, 1.807) is 11.1 Å². The van der Waals surface area contributed by atoms with E-state index in [-0.39, 0.29) is 28.3 Å². The zero-order chi connectivity index (χ0) is 23.3. The maximum absolute atomic E-state index is 12.7. The van der Waals surface area contributed by atoms with Gasteiger partial charge in [0.1, 0.15) is 0 Å². The second-order valence-corrected chi connectivity index (χ2v) is 13.8. The van der Waals surface area contributed by atoms with Gasteiger partial charge in [0.2, 0.25) is 0 Å². The van der Waals surface area contributed by atoms with Crippen LogP contribution in [0.4, 0.5) is 0 Å². The number of aliphatic hydroxyl groups excluding tert-OH is 1. The van der Waals surface area contributed by atoms with Gasteiger partial charge in [0, 0.05) is 0 Å². The molecule has 3 fully saturated rings. The van der Waals surface area contributed by atoms with Crippen molar-refractivity contribution in [2.24, 2.45) is 51.2 Å². The van der Waals surface area contributed by atoms with Crippen LogP contribution in [0, 0.1) is 51.2 Å². The van der Waals surface area contributed by atoms with E-state index < -0.39 is 11.4 Å². The second kappa shape index (κ2) is 7.09. The minimum Gasteiger partial charge on any atom is -0.481 e.